The van der Waals surface area contributed by atoms with Crippen LogP contribution in [0.2, 0.25) is 6.82 Å². The molecule has 1 heterocycles. The van der Waals surface area contributed by atoms with Crippen LogP contribution in [-0.2, 0) is 17.7 Å². The summed E-state index contributed by atoms with van der Waals surface area (Å²) in [5, 5.41) is 9.56. The van der Waals surface area contributed by atoms with Gasteiger partial charge in [0.1, 0.15) is 0 Å². The van der Waals surface area contributed by atoms with E-state index in [1.54, 1.807) is 12.9 Å². The Balaban J connectivity index is 2.26. The van der Waals surface area contributed by atoms with Crippen molar-refractivity contribution in [3.05, 3.63) is 34.9 Å². The number of carbonyl (C=O) groups excluding carboxylic acids is 1. The van der Waals surface area contributed by atoms with Crippen LogP contribution in [0.3, 0.4) is 0 Å². The molecule has 1 aliphatic rings. The molecule has 0 saturated carbocycles. The van der Waals surface area contributed by atoms with Gasteiger partial charge in [-0.05, 0) is 43.0 Å². The van der Waals surface area contributed by atoms with E-state index in [2.05, 4.69) is 0 Å². The zero-order chi connectivity index (χ0) is 12.4. The number of benzene rings is 1. The number of carbonyl (C=O) groups is 1. The van der Waals surface area contributed by atoms with Gasteiger partial charge < -0.3 is 14.6 Å². The lowest BCUT2D eigenvalue weighted by atomic mass is 9.81. The van der Waals surface area contributed by atoms with Gasteiger partial charge in [0.25, 0.3) is 0 Å². The summed E-state index contributed by atoms with van der Waals surface area (Å²) in [5.74, 6) is -0.318. The highest BCUT2D eigenvalue weighted by Gasteiger charge is 2.22. The van der Waals surface area contributed by atoms with Crippen LogP contribution in [0.1, 0.15) is 21.5 Å². The minimum absolute atomic E-state index is 0.318. The summed E-state index contributed by atoms with van der Waals surface area (Å²) in [5.41, 5.74) is 2.91. The molecular weight excluding hydrogens is 217 g/mol. The molecule has 0 saturated heterocycles. The molecule has 0 bridgehead atoms. The molecular formula is C12H16BNO3. The Kier molecular flexibility index (Phi) is 3.50. The first kappa shape index (κ1) is 12.1. The van der Waals surface area contributed by atoms with E-state index < -0.39 is 7.05 Å². The lowest BCUT2D eigenvalue weighted by molar-refractivity contribution is 0.0600. The first-order valence-corrected chi connectivity index (χ1v) is 5.74. The van der Waals surface area contributed by atoms with Gasteiger partial charge in [-0.25, -0.2) is 4.79 Å². The number of hydrogen-bond acceptors (Lipinski definition) is 4. The second-order valence-electron chi connectivity index (χ2n) is 4.33. The lowest BCUT2D eigenvalue weighted by Gasteiger charge is -2.29. The minimum atomic E-state index is -0.454. The molecule has 0 radical (unpaired) electrons. The van der Waals surface area contributed by atoms with E-state index in [-0.39, 0.29) is 5.97 Å². The summed E-state index contributed by atoms with van der Waals surface area (Å²) in [6.07, 6.45) is 0.904. The smallest absolute Gasteiger partial charge is 0.376 e. The molecule has 4 nitrogen and oxygen atoms in total. The number of methoxy groups -OCH3 is 1. The number of fused-ring (bicyclic) bond motifs is 1. The van der Waals surface area contributed by atoms with Crippen LogP contribution in [0.15, 0.2) is 18.2 Å². The summed E-state index contributed by atoms with van der Waals surface area (Å²) < 4.78 is 4.70. The van der Waals surface area contributed by atoms with E-state index in [9.17, 15) is 9.82 Å². The van der Waals surface area contributed by atoms with Crippen LogP contribution >= 0.6 is 0 Å². The van der Waals surface area contributed by atoms with Crippen LogP contribution in [-0.4, -0.2) is 36.5 Å². The van der Waals surface area contributed by atoms with E-state index in [1.165, 1.54) is 12.7 Å². The summed E-state index contributed by atoms with van der Waals surface area (Å²) in [4.78, 5) is 13.4. The second kappa shape index (κ2) is 4.90. The van der Waals surface area contributed by atoms with Gasteiger partial charge in [0.15, 0.2) is 0 Å². The molecule has 1 aromatic rings. The molecule has 0 spiro atoms. The Morgan fingerprint density at radius 2 is 2.24 bits per heavy atom. The fraction of sp³-hybridized carbons (Fsp3) is 0.417. The van der Waals surface area contributed by atoms with Crippen molar-refractivity contribution < 1.29 is 14.6 Å². The minimum Gasteiger partial charge on any atom is -0.465 e. The normalized spacial score (nSPS) is 15.2. The van der Waals surface area contributed by atoms with Crippen molar-refractivity contribution in [3.8, 4) is 0 Å². The standard InChI is InChI=1S/C12H16BNO3/c1-13(16)14-6-5-9-3-4-10(12(15)17-2)7-11(9)8-14/h3-4,7,16H,5-6,8H2,1-2H3. The third-order valence-electron chi connectivity index (χ3n) is 3.20. The Morgan fingerprint density at radius 3 is 2.88 bits per heavy atom. The van der Waals surface area contributed by atoms with Crippen LogP contribution in [0.5, 0.6) is 0 Å². The fourth-order valence-electron chi connectivity index (χ4n) is 2.14. The highest BCUT2D eigenvalue weighted by atomic mass is 16.5. The lowest BCUT2D eigenvalue weighted by Crippen LogP contribution is -2.40. The van der Waals surface area contributed by atoms with Crippen LogP contribution in [0.25, 0.3) is 0 Å². The predicted molar refractivity (Wildman–Crippen MR) is 65.7 cm³/mol. The molecule has 0 amide bonds. The van der Waals surface area contributed by atoms with Crippen molar-refractivity contribution in [2.75, 3.05) is 13.7 Å². The Labute approximate surface area is 101 Å². The van der Waals surface area contributed by atoms with Gasteiger partial charge in [-0.3, -0.25) is 0 Å². The molecule has 2 rings (SSSR count). The summed E-state index contributed by atoms with van der Waals surface area (Å²) in [6, 6.07) is 5.62. The highest BCUT2D eigenvalue weighted by molar-refractivity contribution is 6.45. The van der Waals surface area contributed by atoms with Crippen molar-refractivity contribution in [2.45, 2.75) is 19.8 Å². The average Bonchev–Trinajstić information content (AvgIpc) is 2.36. The van der Waals surface area contributed by atoms with E-state index in [4.69, 9.17) is 4.74 Å². The number of hydrogen-bond donors (Lipinski definition) is 1. The maximum absolute atomic E-state index is 11.4. The summed E-state index contributed by atoms with van der Waals surface area (Å²) in [7, 11) is 0.925. The zero-order valence-electron chi connectivity index (χ0n) is 10.1. The number of ether oxygens (including phenoxy) is 1. The number of rotatable bonds is 2. The second-order valence-corrected chi connectivity index (χ2v) is 4.33. The molecule has 90 valence electrons. The molecule has 1 aromatic carbocycles. The highest BCUT2D eigenvalue weighted by Crippen LogP contribution is 2.21. The van der Waals surface area contributed by atoms with E-state index >= 15 is 0 Å². The quantitative estimate of drug-likeness (QED) is 0.610. The molecule has 0 aromatic heterocycles. The topological polar surface area (TPSA) is 49.8 Å². The first-order chi connectivity index (χ1) is 8.11. The van der Waals surface area contributed by atoms with Crippen LogP contribution < -0.4 is 0 Å². The molecule has 1 aliphatic heterocycles. The third kappa shape index (κ3) is 2.51. The van der Waals surface area contributed by atoms with Crippen molar-refractivity contribution in [1.82, 2.24) is 4.81 Å². The van der Waals surface area contributed by atoms with E-state index in [1.807, 2.05) is 16.9 Å². The molecule has 1 N–H and O–H groups in total. The molecule has 0 aliphatic carbocycles. The summed E-state index contributed by atoms with van der Waals surface area (Å²) >= 11 is 0. The largest absolute Gasteiger partial charge is 0.465 e. The maximum atomic E-state index is 11.4. The van der Waals surface area contributed by atoms with Gasteiger partial charge in [-0.15, -0.1) is 0 Å². The molecule has 0 atom stereocenters. The zero-order valence-corrected chi connectivity index (χ0v) is 10.1. The molecule has 17 heavy (non-hydrogen) atoms. The molecule has 0 fully saturated rings. The average molecular weight is 233 g/mol. The van der Waals surface area contributed by atoms with Crippen molar-refractivity contribution >= 4 is 13.0 Å². The van der Waals surface area contributed by atoms with Gasteiger partial charge >= 0.3 is 13.0 Å². The predicted octanol–water partition coefficient (Wildman–Crippen LogP) is 0.942. The molecule has 5 heteroatoms. The van der Waals surface area contributed by atoms with Gasteiger partial charge in [0, 0.05) is 6.54 Å². The van der Waals surface area contributed by atoms with Crippen LogP contribution in [0, 0.1) is 0 Å². The third-order valence-corrected chi connectivity index (χ3v) is 3.20. The number of nitrogens with zero attached hydrogens (tertiary/aromatic N) is 1. The van der Waals surface area contributed by atoms with Crippen molar-refractivity contribution in [3.63, 3.8) is 0 Å². The van der Waals surface area contributed by atoms with Crippen LogP contribution in [0.4, 0.5) is 0 Å². The summed E-state index contributed by atoms with van der Waals surface area (Å²) in [6.45, 7) is 3.29. The SMILES string of the molecule is COC(=O)c1ccc2c(c1)CN(B(C)O)CC2. The van der Waals surface area contributed by atoms with Gasteiger partial charge in [0.05, 0.1) is 12.7 Å². The van der Waals surface area contributed by atoms with Gasteiger partial charge in [-0.2, -0.15) is 0 Å². The monoisotopic (exact) mass is 233 g/mol. The van der Waals surface area contributed by atoms with Gasteiger partial charge in [0.2, 0.25) is 0 Å². The number of esters is 1. The van der Waals surface area contributed by atoms with Crippen molar-refractivity contribution in [2.24, 2.45) is 0 Å². The Morgan fingerprint density at radius 1 is 1.47 bits per heavy atom. The van der Waals surface area contributed by atoms with Gasteiger partial charge in [-0.1, -0.05) is 6.07 Å². The van der Waals surface area contributed by atoms with E-state index in [0.29, 0.717) is 12.1 Å². The Bertz CT molecular complexity index is 434. The fourth-order valence-corrected chi connectivity index (χ4v) is 2.14. The van der Waals surface area contributed by atoms with E-state index in [0.717, 1.165) is 18.5 Å². The van der Waals surface area contributed by atoms with Crippen molar-refractivity contribution in [1.29, 1.82) is 0 Å². The molecule has 0 unspecified atom stereocenters. The Hall–Kier alpha value is -1.33. The maximum Gasteiger partial charge on any atom is 0.376 e. The first-order valence-electron chi connectivity index (χ1n) is 5.74.